The van der Waals surface area contributed by atoms with Crippen molar-refractivity contribution >= 4 is 22.0 Å². The lowest BCUT2D eigenvalue weighted by Gasteiger charge is -2.27. The van der Waals surface area contributed by atoms with E-state index in [-0.39, 0.29) is 24.6 Å². The SMILES string of the molecule is C=C1CN(S(=O)(=O)c2ccc(C)cc2)[C@H](CCC)[C@H]1C(=O)N1CCOC1=O. The zero-order valence-corrected chi connectivity index (χ0v) is 16.4. The maximum atomic E-state index is 13.2. The predicted molar refractivity (Wildman–Crippen MR) is 99.5 cm³/mol. The Labute approximate surface area is 159 Å². The molecule has 0 spiro atoms. The minimum Gasteiger partial charge on any atom is -0.447 e. The molecule has 2 amide bonds. The molecule has 0 N–H and O–H groups in total. The molecule has 2 saturated heterocycles. The van der Waals surface area contributed by atoms with Crippen molar-refractivity contribution in [1.82, 2.24) is 9.21 Å². The zero-order chi connectivity index (χ0) is 19.8. The minimum atomic E-state index is -3.78. The lowest BCUT2D eigenvalue weighted by atomic mass is 9.92. The molecule has 0 aromatic heterocycles. The standard InChI is InChI=1S/C19H24N2O5S/c1-4-5-16-17(18(22)20-10-11-26-19(20)23)14(3)12-21(16)27(24,25)15-8-6-13(2)7-9-15/h6-9,16-17H,3-5,10-12H2,1-2H3/t16-,17+/m1/s1. The van der Waals surface area contributed by atoms with Crippen molar-refractivity contribution in [2.24, 2.45) is 5.92 Å². The summed E-state index contributed by atoms with van der Waals surface area (Å²) < 4.78 is 32.6. The Balaban J connectivity index is 1.94. The first-order valence-corrected chi connectivity index (χ1v) is 10.5. The number of amides is 2. The highest BCUT2D eigenvalue weighted by Crippen LogP contribution is 2.37. The molecule has 0 bridgehead atoms. The molecule has 0 radical (unpaired) electrons. The van der Waals surface area contributed by atoms with Crippen LogP contribution in [0.15, 0.2) is 41.3 Å². The van der Waals surface area contributed by atoms with Crippen LogP contribution >= 0.6 is 0 Å². The van der Waals surface area contributed by atoms with Gasteiger partial charge in [0.15, 0.2) is 0 Å². The molecule has 2 heterocycles. The molecule has 1 aromatic carbocycles. The molecule has 8 heteroatoms. The van der Waals surface area contributed by atoms with E-state index in [0.717, 1.165) is 10.5 Å². The highest BCUT2D eigenvalue weighted by atomic mass is 32.2. The van der Waals surface area contributed by atoms with Crippen molar-refractivity contribution in [2.45, 2.75) is 37.6 Å². The Morgan fingerprint density at radius 3 is 2.52 bits per heavy atom. The fourth-order valence-corrected chi connectivity index (χ4v) is 5.34. The third kappa shape index (κ3) is 3.51. The average Bonchev–Trinajstić information content (AvgIpc) is 3.19. The van der Waals surface area contributed by atoms with E-state index in [1.807, 2.05) is 13.8 Å². The second kappa shape index (κ2) is 7.44. The van der Waals surface area contributed by atoms with Crippen molar-refractivity contribution in [3.63, 3.8) is 0 Å². The topological polar surface area (TPSA) is 84.0 Å². The van der Waals surface area contributed by atoms with Crippen molar-refractivity contribution in [3.8, 4) is 0 Å². The second-order valence-corrected chi connectivity index (χ2v) is 8.85. The number of carbonyl (C=O) groups excluding carboxylic acids is 2. The summed E-state index contributed by atoms with van der Waals surface area (Å²) in [4.78, 5) is 26.0. The van der Waals surface area contributed by atoms with Crippen molar-refractivity contribution in [1.29, 1.82) is 0 Å². The first-order chi connectivity index (χ1) is 12.8. The number of imide groups is 1. The normalized spacial score (nSPS) is 23.7. The Kier molecular flexibility index (Phi) is 5.39. The predicted octanol–water partition coefficient (Wildman–Crippen LogP) is 2.32. The van der Waals surface area contributed by atoms with Crippen LogP contribution in [0.1, 0.15) is 25.3 Å². The quantitative estimate of drug-likeness (QED) is 0.718. The van der Waals surface area contributed by atoms with Gasteiger partial charge >= 0.3 is 6.09 Å². The molecule has 2 fully saturated rings. The summed E-state index contributed by atoms with van der Waals surface area (Å²) in [5.74, 6) is -1.17. The number of hydrogen-bond acceptors (Lipinski definition) is 5. The third-order valence-corrected chi connectivity index (χ3v) is 6.94. The van der Waals surface area contributed by atoms with Crippen LogP contribution in [0.2, 0.25) is 0 Å². The Bertz CT molecular complexity index is 863. The molecule has 2 atom stereocenters. The summed E-state index contributed by atoms with van der Waals surface area (Å²) in [5.41, 5.74) is 1.47. The summed E-state index contributed by atoms with van der Waals surface area (Å²) >= 11 is 0. The number of cyclic esters (lactones) is 1. The molecule has 2 aliphatic heterocycles. The van der Waals surface area contributed by atoms with Crippen molar-refractivity contribution in [3.05, 3.63) is 42.0 Å². The van der Waals surface area contributed by atoms with Gasteiger partial charge in [0.1, 0.15) is 6.61 Å². The molecular weight excluding hydrogens is 368 g/mol. The lowest BCUT2D eigenvalue weighted by molar-refractivity contribution is -0.131. The molecular formula is C19H24N2O5S. The first kappa shape index (κ1) is 19.6. The number of benzene rings is 1. The minimum absolute atomic E-state index is 0.0696. The van der Waals surface area contributed by atoms with Gasteiger partial charge in [-0.15, -0.1) is 0 Å². The van der Waals surface area contributed by atoms with Gasteiger partial charge in [0.05, 0.1) is 17.4 Å². The number of sulfonamides is 1. The summed E-state index contributed by atoms with van der Waals surface area (Å²) in [5, 5.41) is 0. The van der Waals surface area contributed by atoms with Crippen LogP contribution in [0.3, 0.4) is 0 Å². The van der Waals surface area contributed by atoms with Crippen molar-refractivity contribution in [2.75, 3.05) is 19.7 Å². The molecule has 3 rings (SSSR count). The average molecular weight is 392 g/mol. The van der Waals surface area contributed by atoms with E-state index in [1.165, 1.54) is 4.31 Å². The first-order valence-electron chi connectivity index (χ1n) is 9.01. The Morgan fingerprint density at radius 2 is 1.96 bits per heavy atom. The third-order valence-electron chi connectivity index (χ3n) is 5.06. The van der Waals surface area contributed by atoms with Crippen molar-refractivity contribution < 1.29 is 22.7 Å². The van der Waals surface area contributed by atoms with E-state index in [2.05, 4.69) is 6.58 Å². The second-order valence-electron chi connectivity index (χ2n) is 6.96. The Morgan fingerprint density at radius 1 is 1.30 bits per heavy atom. The number of hydrogen-bond donors (Lipinski definition) is 0. The summed E-state index contributed by atoms with van der Waals surface area (Å²) in [6.45, 7) is 8.19. The molecule has 146 valence electrons. The Hall–Kier alpha value is -2.19. The van der Waals surface area contributed by atoms with Gasteiger partial charge in [-0.1, -0.05) is 37.6 Å². The molecule has 27 heavy (non-hydrogen) atoms. The van der Waals surface area contributed by atoms with Crippen LogP contribution in [0, 0.1) is 12.8 Å². The molecule has 7 nitrogen and oxygen atoms in total. The van der Waals surface area contributed by atoms with E-state index < -0.39 is 34.0 Å². The molecule has 1 aromatic rings. The van der Waals surface area contributed by atoms with E-state index >= 15 is 0 Å². The molecule has 0 aliphatic carbocycles. The van der Waals surface area contributed by atoms with Crippen LogP contribution in [-0.2, 0) is 19.6 Å². The number of ether oxygens (including phenoxy) is 1. The van der Waals surface area contributed by atoms with Crippen LogP contribution in [0.25, 0.3) is 0 Å². The van der Waals surface area contributed by atoms with Gasteiger partial charge in [-0.3, -0.25) is 4.79 Å². The fraction of sp³-hybridized carbons (Fsp3) is 0.474. The van der Waals surface area contributed by atoms with Gasteiger partial charge in [-0.25, -0.2) is 18.1 Å². The van der Waals surface area contributed by atoms with E-state index in [9.17, 15) is 18.0 Å². The van der Waals surface area contributed by atoms with E-state index in [4.69, 9.17) is 4.74 Å². The van der Waals surface area contributed by atoms with Gasteiger partial charge in [-0.2, -0.15) is 4.31 Å². The summed E-state index contributed by atoms with van der Waals surface area (Å²) in [6.07, 6.45) is 0.526. The van der Waals surface area contributed by atoms with Gasteiger partial charge in [0.2, 0.25) is 15.9 Å². The van der Waals surface area contributed by atoms with Gasteiger partial charge in [0.25, 0.3) is 0 Å². The maximum absolute atomic E-state index is 13.2. The molecule has 2 aliphatic rings. The van der Waals surface area contributed by atoms with Gasteiger partial charge < -0.3 is 4.74 Å². The summed E-state index contributed by atoms with van der Waals surface area (Å²) in [7, 11) is -3.78. The lowest BCUT2D eigenvalue weighted by Crippen LogP contribution is -2.44. The van der Waals surface area contributed by atoms with E-state index in [0.29, 0.717) is 18.4 Å². The van der Waals surface area contributed by atoms with Gasteiger partial charge in [-0.05, 0) is 31.1 Å². The molecule has 0 saturated carbocycles. The van der Waals surface area contributed by atoms with Gasteiger partial charge in [0, 0.05) is 12.6 Å². The fourth-order valence-electron chi connectivity index (χ4n) is 3.67. The summed E-state index contributed by atoms with van der Waals surface area (Å²) in [6, 6.07) is 6.08. The number of rotatable bonds is 5. The zero-order valence-electron chi connectivity index (χ0n) is 15.6. The van der Waals surface area contributed by atoms with E-state index in [1.54, 1.807) is 24.3 Å². The number of aryl methyl sites for hydroxylation is 1. The number of nitrogens with zero attached hydrogens (tertiary/aromatic N) is 2. The van der Waals surface area contributed by atoms with Crippen LogP contribution < -0.4 is 0 Å². The maximum Gasteiger partial charge on any atom is 0.416 e. The largest absolute Gasteiger partial charge is 0.447 e. The highest BCUT2D eigenvalue weighted by Gasteiger charge is 2.49. The van der Waals surface area contributed by atoms with Crippen LogP contribution in [0.4, 0.5) is 4.79 Å². The smallest absolute Gasteiger partial charge is 0.416 e. The van der Waals surface area contributed by atoms with Crippen LogP contribution in [0.5, 0.6) is 0 Å². The van der Waals surface area contributed by atoms with Crippen LogP contribution in [-0.4, -0.2) is 55.4 Å². The number of carbonyl (C=O) groups is 2. The monoisotopic (exact) mass is 392 g/mol. The highest BCUT2D eigenvalue weighted by molar-refractivity contribution is 7.89. The molecule has 0 unspecified atom stereocenters.